The van der Waals surface area contributed by atoms with Gasteiger partial charge in [-0.2, -0.15) is 0 Å². The third kappa shape index (κ3) is 5.03. The summed E-state index contributed by atoms with van der Waals surface area (Å²) < 4.78 is 5.36. The molecule has 176 valence electrons. The zero-order valence-corrected chi connectivity index (χ0v) is 20.9. The number of rotatable bonds is 7. The number of halogens is 2. The number of ketones is 1. The van der Waals surface area contributed by atoms with Crippen molar-refractivity contribution in [1.29, 1.82) is 0 Å². The van der Waals surface area contributed by atoms with E-state index in [0.29, 0.717) is 19.0 Å². The molecule has 0 saturated carbocycles. The highest BCUT2D eigenvalue weighted by molar-refractivity contribution is 6.46. The maximum atomic E-state index is 13.2. The molecule has 1 amide bonds. The fourth-order valence-electron chi connectivity index (χ4n) is 3.92. The normalized spacial score (nSPS) is 18.0. The van der Waals surface area contributed by atoms with Crippen LogP contribution in [-0.4, -0.2) is 60.9 Å². The van der Waals surface area contributed by atoms with Crippen LogP contribution in [-0.2, 0) is 9.59 Å². The van der Waals surface area contributed by atoms with E-state index < -0.39 is 17.7 Å². The SMILES string of the molecule is COc1c(Cl)cc(Cl)cc1/C(O)=C1\C(=O)C(=O)N(CCN(C)C)C1c1ccc(C(C)C)cc1. The molecule has 0 bridgehead atoms. The molecule has 2 aromatic carbocycles. The van der Waals surface area contributed by atoms with Crippen LogP contribution in [0.25, 0.3) is 5.76 Å². The molecule has 1 heterocycles. The Hall–Kier alpha value is -2.54. The lowest BCUT2D eigenvalue weighted by Crippen LogP contribution is -2.35. The Morgan fingerprint density at radius 1 is 1.15 bits per heavy atom. The number of ether oxygens (including phenoxy) is 1. The van der Waals surface area contributed by atoms with Crippen molar-refractivity contribution in [3.05, 3.63) is 68.7 Å². The van der Waals surface area contributed by atoms with Gasteiger partial charge in [0.25, 0.3) is 11.7 Å². The standard InChI is InChI=1S/C25H28Cl2N2O4/c1-14(2)15-6-8-16(9-7-15)21-20(23(31)25(32)29(21)11-10-28(3)4)22(30)18-12-17(26)13-19(27)24(18)33-5/h6-9,12-14,21,30H,10-11H2,1-5H3/b22-20+. The number of likely N-dealkylation sites (tertiary alicyclic amines) is 1. The van der Waals surface area contributed by atoms with E-state index in [9.17, 15) is 14.7 Å². The van der Waals surface area contributed by atoms with Crippen molar-refractivity contribution in [2.45, 2.75) is 25.8 Å². The zero-order valence-electron chi connectivity index (χ0n) is 19.4. The highest BCUT2D eigenvalue weighted by Gasteiger charge is 2.46. The number of nitrogens with zero attached hydrogens (tertiary/aromatic N) is 2. The van der Waals surface area contributed by atoms with Crippen LogP contribution in [0.3, 0.4) is 0 Å². The van der Waals surface area contributed by atoms with Gasteiger partial charge in [0, 0.05) is 18.1 Å². The van der Waals surface area contributed by atoms with Crippen LogP contribution in [0.15, 0.2) is 42.0 Å². The lowest BCUT2D eigenvalue weighted by Gasteiger charge is -2.27. The van der Waals surface area contributed by atoms with Crippen molar-refractivity contribution in [1.82, 2.24) is 9.80 Å². The number of hydrogen-bond donors (Lipinski definition) is 1. The lowest BCUT2D eigenvalue weighted by atomic mass is 9.93. The molecule has 1 aliphatic heterocycles. The fraction of sp³-hybridized carbons (Fsp3) is 0.360. The Morgan fingerprint density at radius 2 is 1.79 bits per heavy atom. The summed E-state index contributed by atoms with van der Waals surface area (Å²) in [5.74, 6) is -1.30. The summed E-state index contributed by atoms with van der Waals surface area (Å²) in [7, 11) is 5.19. The number of aliphatic hydroxyl groups is 1. The number of Topliss-reactive ketones (excluding diaryl/α,β-unsaturated/α-hetero) is 1. The van der Waals surface area contributed by atoms with Gasteiger partial charge in [-0.05, 0) is 43.3 Å². The number of aliphatic hydroxyl groups excluding tert-OH is 1. The van der Waals surface area contributed by atoms with Crippen LogP contribution in [0.2, 0.25) is 10.0 Å². The largest absolute Gasteiger partial charge is 0.507 e. The molecule has 1 unspecified atom stereocenters. The van der Waals surface area contributed by atoms with Crippen LogP contribution >= 0.6 is 23.2 Å². The predicted octanol–water partition coefficient (Wildman–Crippen LogP) is 5.11. The van der Waals surface area contributed by atoms with Gasteiger partial charge in [-0.15, -0.1) is 0 Å². The molecular weight excluding hydrogens is 463 g/mol. The average molecular weight is 491 g/mol. The number of carbonyl (C=O) groups is 2. The monoisotopic (exact) mass is 490 g/mol. The second-order valence-corrected chi connectivity index (χ2v) is 9.43. The van der Waals surface area contributed by atoms with E-state index >= 15 is 0 Å². The summed E-state index contributed by atoms with van der Waals surface area (Å²) in [6.07, 6.45) is 0. The maximum absolute atomic E-state index is 13.2. The van der Waals surface area contributed by atoms with Crippen LogP contribution in [0.1, 0.15) is 42.5 Å². The summed E-state index contributed by atoms with van der Waals surface area (Å²) in [6, 6.07) is 9.93. The molecule has 0 spiro atoms. The van der Waals surface area contributed by atoms with Gasteiger partial charge in [-0.3, -0.25) is 9.59 Å². The number of carbonyl (C=O) groups excluding carboxylic acids is 2. The van der Waals surface area contributed by atoms with E-state index in [0.717, 1.165) is 11.1 Å². The van der Waals surface area contributed by atoms with Gasteiger partial charge in [-0.25, -0.2) is 0 Å². The smallest absolute Gasteiger partial charge is 0.295 e. The van der Waals surface area contributed by atoms with Crippen molar-refractivity contribution >= 4 is 40.7 Å². The summed E-state index contributed by atoms with van der Waals surface area (Å²) in [6.45, 7) is 5.05. The first-order valence-corrected chi connectivity index (χ1v) is 11.4. The molecule has 2 aromatic rings. The molecule has 1 atom stereocenters. The number of methoxy groups -OCH3 is 1. The molecule has 0 radical (unpaired) electrons. The van der Waals surface area contributed by atoms with E-state index in [1.807, 2.05) is 43.3 Å². The molecule has 3 rings (SSSR count). The van der Waals surface area contributed by atoms with Crippen molar-refractivity contribution in [2.24, 2.45) is 0 Å². The van der Waals surface area contributed by atoms with Crippen LogP contribution in [0, 0.1) is 0 Å². The topological polar surface area (TPSA) is 70.1 Å². The Bertz CT molecular complexity index is 1090. The molecule has 0 aliphatic carbocycles. The van der Waals surface area contributed by atoms with Crippen molar-refractivity contribution in [3.8, 4) is 5.75 Å². The molecule has 1 fully saturated rings. The van der Waals surface area contributed by atoms with Gasteiger partial charge in [0.1, 0.15) is 11.5 Å². The van der Waals surface area contributed by atoms with E-state index in [1.54, 1.807) is 0 Å². The molecule has 33 heavy (non-hydrogen) atoms. The average Bonchev–Trinajstić information content (AvgIpc) is 3.01. The number of likely N-dealkylation sites (N-methyl/N-ethyl adjacent to an activating group) is 1. The summed E-state index contributed by atoms with van der Waals surface area (Å²) >= 11 is 12.4. The minimum Gasteiger partial charge on any atom is -0.507 e. The Balaban J connectivity index is 2.23. The number of benzene rings is 2. The lowest BCUT2D eigenvalue weighted by molar-refractivity contribution is -0.140. The maximum Gasteiger partial charge on any atom is 0.295 e. The molecular formula is C25H28Cl2N2O4. The second-order valence-electron chi connectivity index (χ2n) is 8.59. The third-order valence-electron chi connectivity index (χ3n) is 5.71. The summed E-state index contributed by atoms with van der Waals surface area (Å²) in [5, 5.41) is 11.8. The van der Waals surface area contributed by atoms with E-state index in [-0.39, 0.29) is 32.7 Å². The molecule has 1 saturated heterocycles. The first-order valence-electron chi connectivity index (χ1n) is 10.6. The van der Waals surface area contributed by atoms with Gasteiger partial charge in [-0.1, -0.05) is 61.3 Å². The van der Waals surface area contributed by atoms with Gasteiger partial charge < -0.3 is 19.6 Å². The van der Waals surface area contributed by atoms with Crippen molar-refractivity contribution in [2.75, 3.05) is 34.3 Å². The summed E-state index contributed by atoms with van der Waals surface area (Å²) in [5.41, 5.74) is 2.00. The molecule has 8 heteroatoms. The minimum absolute atomic E-state index is 0.0207. The minimum atomic E-state index is -0.762. The Labute approximate surface area is 204 Å². The number of hydrogen-bond acceptors (Lipinski definition) is 5. The van der Waals surface area contributed by atoms with Crippen molar-refractivity contribution in [3.63, 3.8) is 0 Å². The molecule has 6 nitrogen and oxygen atoms in total. The highest BCUT2D eigenvalue weighted by atomic mass is 35.5. The van der Waals surface area contributed by atoms with Crippen LogP contribution in [0.4, 0.5) is 0 Å². The van der Waals surface area contributed by atoms with Gasteiger partial charge in [0.2, 0.25) is 0 Å². The second kappa shape index (κ2) is 10.2. The molecule has 0 aromatic heterocycles. The van der Waals surface area contributed by atoms with Crippen LogP contribution in [0.5, 0.6) is 5.75 Å². The fourth-order valence-corrected chi connectivity index (χ4v) is 4.49. The number of amides is 1. The quantitative estimate of drug-likeness (QED) is 0.331. The van der Waals surface area contributed by atoms with E-state index in [2.05, 4.69) is 13.8 Å². The van der Waals surface area contributed by atoms with Crippen LogP contribution < -0.4 is 4.74 Å². The molecule has 1 aliphatic rings. The first-order chi connectivity index (χ1) is 15.6. The molecule has 1 N–H and O–H groups in total. The van der Waals surface area contributed by atoms with Gasteiger partial charge in [0.05, 0.1) is 29.3 Å². The predicted molar refractivity (Wildman–Crippen MR) is 131 cm³/mol. The Morgan fingerprint density at radius 3 is 2.33 bits per heavy atom. The van der Waals surface area contributed by atoms with E-state index in [4.69, 9.17) is 27.9 Å². The van der Waals surface area contributed by atoms with Gasteiger partial charge in [0.15, 0.2) is 0 Å². The zero-order chi connectivity index (χ0) is 24.4. The third-order valence-corrected chi connectivity index (χ3v) is 6.21. The van der Waals surface area contributed by atoms with E-state index in [1.165, 1.54) is 24.1 Å². The first kappa shape index (κ1) is 25.1. The summed E-state index contributed by atoms with van der Waals surface area (Å²) in [4.78, 5) is 29.6. The highest BCUT2D eigenvalue weighted by Crippen LogP contribution is 2.43. The van der Waals surface area contributed by atoms with Crippen molar-refractivity contribution < 1.29 is 19.4 Å². The van der Waals surface area contributed by atoms with Gasteiger partial charge >= 0.3 is 0 Å². The Kier molecular flexibility index (Phi) is 7.73.